The molecule has 34 heavy (non-hydrogen) atoms. The Labute approximate surface area is 212 Å². The van der Waals surface area contributed by atoms with Crippen LogP contribution in [-0.2, 0) is 0 Å². The second-order valence-electron chi connectivity index (χ2n) is 8.04. The average molecular weight is 510 g/mol. The van der Waals surface area contributed by atoms with Crippen molar-refractivity contribution in [2.24, 2.45) is 0 Å². The van der Waals surface area contributed by atoms with Gasteiger partial charge in [-0.3, -0.25) is 9.36 Å². The van der Waals surface area contributed by atoms with Gasteiger partial charge >= 0.3 is 0 Å². The summed E-state index contributed by atoms with van der Waals surface area (Å²) in [5.41, 5.74) is 3.87. The Kier molecular flexibility index (Phi) is 6.32. The van der Waals surface area contributed by atoms with Crippen molar-refractivity contribution in [3.63, 3.8) is 0 Å². The molecule has 0 radical (unpaired) electrons. The fourth-order valence-electron chi connectivity index (χ4n) is 3.99. The van der Waals surface area contributed by atoms with Gasteiger partial charge in [-0.25, -0.2) is 0 Å². The summed E-state index contributed by atoms with van der Waals surface area (Å²) in [6, 6.07) is 20.8. The van der Waals surface area contributed by atoms with Crippen molar-refractivity contribution in [3.05, 3.63) is 99.5 Å². The van der Waals surface area contributed by atoms with Crippen LogP contribution in [-0.4, -0.2) is 34.6 Å². The third-order valence-corrected chi connectivity index (χ3v) is 6.59. The minimum Gasteiger partial charge on any atom is -0.379 e. The first kappa shape index (κ1) is 22.5. The molecule has 2 heterocycles. The monoisotopic (exact) mass is 509 g/mol. The number of anilines is 3. The number of hydrogen-bond donors (Lipinski definition) is 3. The van der Waals surface area contributed by atoms with Crippen molar-refractivity contribution >= 4 is 58.4 Å². The topological polar surface area (TPSA) is 65.1 Å². The summed E-state index contributed by atoms with van der Waals surface area (Å²) in [6.45, 7) is 1.54. The largest absolute Gasteiger partial charge is 0.379 e. The van der Waals surface area contributed by atoms with Crippen LogP contribution in [0.15, 0.2) is 79.1 Å². The van der Waals surface area contributed by atoms with Crippen LogP contribution in [0, 0.1) is 4.77 Å². The SMILES string of the molecule is O=C(Nc1cccc(-n2cc[nH]c2=S)c1)c1cccc(NC2CN(c3c(Cl)cccc3Cl)C2)c1. The van der Waals surface area contributed by atoms with Gasteiger partial charge in [0.2, 0.25) is 0 Å². The normalized spacial score (nSPS) is 13.4. The second kappa shape index (κ2) is 9.54. The Hall–Kier alpha value is -3.26. The van der Waals surface area contributed by atoms with Crippen molar-refractivity contribution in [3.8, 4) is 5.69 Å². The molecule has 172 valence electrons. The van der Waals surface area contributed by atoms with Gasteiger partial charge in [0.05, 0.1) is 21.8 Å². The lowest BCUT2D eigenvalue weighted by Gasteiger charge is -2.42. The third kappa shape index (κ3) is 4.68. The number of halogens is 2. The maximum Gasteiger partial charge on any atom is 0.255 e. The minimum atomic E-state index is -0.184. The highest BCUT2D eigenvalue weighted by atomic mass is 35.5. The number of carbonyl (C=O) groups excluding carboxylic acids is 1. The molecule has 4 aromatic rings. The number of carbonyl (C=O) groups is 1. The molecule has 0 spiro atoms. The number of para-hydroxylation sites is 1. The molecule has 9 heteroatoms. The Balaban J connectivity index is 1.23. The maximum absolute atomic E-state index is 12.9. The van der Waals surface area contributed by atoms with Crippen molar-refractivity contribution in [1.29, 1.82) is 0 Å². The molecule has 3 N–H and O–H groups in total. The maximum atomic E-state index is 12.9. The van der Waals surface area contributed by atoms with Crippen molar-refractivity contribution < 1.29 is 4.79 Å². The highest BCUT2D eigenvalue weighted by Crippen LogP contribution is 2.36. The molecule has 0 atom stereocenters. The van der Waals surface area contributed by atoms with Crippen LogP contribution in [0.3, 0.4) is 0 Å². The molecule has 1 aliphatic heterocycles. The Morgan fingerprint density at radius 2 is 1.68 bits per heavy atom. The predicted molar refractivity (Wildman–Crippen MR) is 141 cm³/mol. The van der Waals surface area contributed by atoms with E-state index in [1.165, 1.54) is 0 Å². The van der Waals surface area contributed by atoms with Crippen LogP contribution < -0.4 is 15.5 Å². The number of benzene rings is 3. The Bertz CT molecular complexity index is 1390. The smallest absolute Gasteiger partial charge is 0.255 e. The van der Waals surface area contributed by atoms with Gasteiger partial charge in [-0.1, -0.05) is 41.4 Å². The number of aromatic nitrogens is 2. The van der Waals surface area contributed by atoms with Crippen LogP contribution in [0.5, 0.6) is 0 Å². The highest BCUT2D eigenvalue weighted by Gasteiger charge is 2.29. The summed E-state index contributed by atoms with van der Waals surface area (Å²) in [4.78, 5) is 18.0. The quantitative estimate of drug-likeness (QED) is 0.263. The zero-order valence-corrected chi connectivity index (χ0v) is 20.3. The Morgan fingerprint density at radius 1 is 0.971 bits per heavy atom. The first-order chi connectivity index (χ1) is 16.5. The van der Waals surface area contributed by atoms with Gasteiger partial charge in [0.15, 0.2) is 4.77 Å². The fourth-order valence-corrected chi connectivity index (χ4v) is 4.86. The highest BCUT2D eigenvalue weighted by molar-refractivity contribution is 7.71. The molecule has 1 amide bonds. The first-order valence-corrected chi connectivity index (χ1v) is 11.9. The van der Waals surface area contributed by atoms with Crippen molar-refractivity contribution in [2.45, 2.75) is 6.04 Å². The number of amides is 1. The standard InChI is InChI=1S/C25H21Cl2N5OS/c26-21-8-3-9-22(27)23(21)31-14-19(15-31)29-17-5-1-4-16(12-17)24(33)30-18-6-2-7-20(13-18)32-11-10-28-25(32)34/h1-13,19,29H,14-15H2,(H,28,34)(H,30,33). The van der Waals surface area contributed by atoms with Gasteiger partial charge in [0.25, 0.3) is 5.91 Å². The van der Waals surface area contributed by atoms with Crippen LogP contribution in [0.4, 0.5) is 17.1 Å². The van der Waals surface area contributed by atoms with Crippen LogP contribution in [0.1, 0.15) is 10.4 Å². The molecular weight excluding hydrogens is 489 g/mol. The first-order valence-electron chi connectivity index (χ1n) is 10.7. The van der Waals surface area contributed by atoms with E-state index in [1.807, 2.05) is 71.4 Å². The van der Waals surface area contributed by atoms with E-state index in [0.717, 1.165) is 30.2 Å². The van der Waals surface area contributed by atoms with Crippen LogP contribution in [0.2, 0.25) is 10.0 Å². The minimum absolute atomic E-state index is 0.184. The van der Waals surface area contributed by atoms with Gasteiger partial charge in [-0.05, 0) is 60.7 Å². The summed E-state index contributed by atoms with van der Waals surface area (Å²) in [5.74, 6) is -0.184. The van der Waals surface area contributed by atoms with E-state index in [1.54, 1.807) is 12.3 Å². The molecule has 0 bridgehead atoms. The summed E-state index contributed by atoms with van der Waals surface area (Å²) < 4.78 is 2.43. The summed E-state index contributed by atoms with van der Waals surface area (Å²) >= 11 is 17.9. The van der Waals surface area contributed by atoms with E-state index < -0.39 is 0 Å². The molecule has 1 saturated heterocycles. The molecule has 1 aliphatic rings. The van der Waals surface area contributed by atoms with Gasteiger partial charge in [-0.15, -0.1) is 0 Å². The van der Waals surface area contributed by atoms with E-state index in [2.05, 4.69) is 20.5 Å². The molecule has 5 rings (SSSR count). The lowest BCUT2D eigenvalue weighted by atomic mass is 10.1. The summed E-state index contributed by atoms with van der Waals surface area (Å²) in [7, 11) is 0. The van der Waals surface area contributed by atoms with E-state index >= 15 is 0 Å². The Morgan fingerprint density at radius 3 is 2.41 bits per heavy atom. The van der Waals surface area contributed by atoms with Crippen LogP contribution >= 0.6 is 35.4 Å². The molecular formula is C25H21Cl2N5OS. The second-order valence-corrected chi connectivity index (χ2v) is 9.24. The zero-order chi connectivity index (χ0) is 23.7. The van der Waals surface area contributed by atoms with Gasteiger partial charge in [-0.2, -0.15) is 0 Å². The molecule has 0 unspecified atom stereocenters. The van der Waals surface area contributed by atoms with Crippen molar-refractivity contribution in [2.75, 3.05) is 28.6 Å². The van der Waals surface area contributed by atoms with E-state index in [-0.39, 0.29) is 11.9 Å². The van der Waals surface area contributed by atoms with Gasteiger partial charge in [0.1, 0.15) is 0 Å². The fraction of sp³-hybridized carbons (Fsp3) is 0.120. The number of nitrogens with one attached hydrogen (secondary N) is 3. The van der Waals surface area contributed by atoms with Gasteiger partial charge < -0.3 is 20.5 Å². The lowest BCUT2D eigenvalue weighted by Crippen LogP contribution is -2.55. The van der Waals surface area contributed by atoms with Crippen LogP contribution in [0.25, 0.3) is 5.69 Å². The lowest BCUT2D eigenvalue weighted by molar-refractivity contribution is 0.102. The zero-order valence-electron chi connectivity index (χ0n) is 18.0. The average Bonchev–Trinajstić information content (AvgIpc) is 3.23. The van der Waals surface area contributed by atoms with E-state index in [4.69, 9.17) is 35.4 Å². The molecule has 3 aromatic carbocycles. The number of H-pyrrole nitrogens is 1. The molecule has 6 nitrogen and oxygen atoms in total. The number of hydrogen-bond acceptors (Lipinski definition) is 4. The van der Waals surface area contributed by atoms with Gasteiger partial charge in [0, 0.05) is 48.1 Å². The summed E-state index contributed by atoms with van der Waals surface area (Å²) in [6.07, 6.45) is 3.62. The third-order valence-electron chi connectivity index (χ3n) is 5.66. The van der Waals surface area contributed by atoms with E-state index in [9.17, 15) is 4.79 Å². The number of rotatable bonds is 6. The number of aromatic amines is 1. The molecule has 0 aliphatic carbocycles. The molecule has 1 fully saturated rings. The van der Waals surface area contributed by atoms with E-state index in [0.29, 0.717) is 26.1 Å². The number of imidazole rings is 1. The predicted octanol–water partition coefficient (Wildman–Crippen LogP) is 6.39. The number of nitrogens with zero attached hydrogens (tertiary/aromatic N) is 2. The summed E-state index contributed by atoms with van der Waals surface area (Å²) in [5, 5.41) is 7.74. The molecule has 1 aromatic heterocycles. The molecule has 0 saturated carbocycles. The van der Waals surface area contributed by atoms with Crippen molar-refractivity contribution in [1.82, 2.24) is 9.55 Å².